The molecule has 0 spiro atoms. The van der Waals surface area contributed by atoms with Gasteiger partial charge in [0.1, 0.15) is 5.76 Å². The minimum absolute atomic E-state index is 0.295. The van der Waals surface area contributed by atoms with E-state index >= 15 is 0 Å². The number of hydrazone groups is 1. The lowest BCUT2D eigenvalue weighted by Gasteiger charge is -1.96. The molecule has 5 nitrogen and oxygen atoms in total. The normalized spacial score (nSPS) is 10.6. The van der Waals surface area contributed by atoms with Crippen molar-refractivity contribution in [2.75, 3.05) is 0 Å². The lowest BCUT2D eigenvalue weighted by molar-refractivity contribution is 0.0953. The maximum atomic E-state index is 11.6. The van der Waals surface area contributed by atoms with Crippen LogP contribution in [-0.4, -0.2) is 17.1 Å². The van der Waals surface area contributed by atoms with Crippen molar-refractivity contribution in [2.24, 2.45) is 5.10 Å². The van der Waals surface area contributed by atoms with Crippen LogP contribution in [-0.2, 0) is 0 Å². The standard InChI is InChI=1S/C12H11N3O2/c1-9-11(4-6-17-9)12(16)15-14-8-10-3-2-5-13-7-10/h2-8H,1H3,(H,15,16)/b14-8-. The van der Waals surface area contributed by atoms with Crippen molar-refractivity contribution in [3.63, 3.8) is 0 Å². The molecule has 0 saturated carbocycles. The quantitative estimate of drug-likeness (QED) is 0.644. The van der Waals surface area contributed by atoms with Crippen LogP contribution in [0, 0.1) is 6.92 Å². The molecule has 0 bridgehead atoms. The third-order valence-corrected chi connectivity index (χ3v) is 2.17. The average molecular weight is 229 g/mol. The van der Waals surface area contributed by atoms with Crippen LogP contribution >= 0.6 is 0 Å². The Morgan fingerprint density at radius 2 is 2.41 bits per heavy atom. The summed E-state index contributed by atoms with van der Waals surface area (Å²) in [5.74, 6) is 0.274. The van der Waals surface area contributed by atoms with Gasteiger partial charge in [0.15, 0.2) is 0 Å². The molecule has 0 unspecified atom stereocenters. The zero-order valence-electron chi connectivity index (χ0n) is 9.25. The van der Waals surface area contributed by atoms with E-state index in [-0.39, 0.29) is 5.91 Å². The van der Waals surface area contributed by atoms with E-state index in [4.69, 9.17) is 4.42 Å². The molecular formula is C12H11N3O2. The molecule has 0 fully saturated rings. The molecule has 0 radical (unpaired) electrons. The lowest BCUT2D eigenvalue weighted by Crippen LogP contribution is -2.17. The summed E-state index contributed by atoms with van der Waals surface area (Å²) >= 11 is 0. The second kappa shape index (κ2) is 5.07. The third kappa shape index (κ3) is 2.78. The van der Waals surface area contributed by atoms with Crippen LogP contribution in [0.5, 0.6) is 0 Å². The number of furan rings is 1. The Bertz CT molecular complexity index is 532. The minimum atomic E-state index is -0.295. The van der Waals surface area contributed by atoms with Crippen LogP contribution < -0.4 is 5.43 Å². The molecule has 17 heavy (non-hydrogen) atoms. The number of rotatable bonds is 3. The van der Waals surface area contributed by atoms with Gasteiger partial charge in [0, 0.05) is 18.0 Å². The van der Waals surface area contributed by atoms with Crippen LogP contribution in [0.25, 0.3) is 0 Å². The van der Waals surface area contributed by atoms with Crippen molar-refractivity contribution < 1.29 is 9.21 Å². The summed E-state index contributed by atoms with van der Waals surface area (Å²) in [4.78, 5) is 15.5. The number of nitrogens with zero attached hydrogens (tertiary/aromatic N) is 2. The predicted octanol–water partition coefficient (Wildman–Crippen LogP) is 1.75. The Morgan fingerprint density at radius 1 is 1.53 bits per heavy atom. The number of pyridine rings is 1. The Balaban J connectivity index is 1.98. The van der Waals surface area contributed by atoms with Gasteiger partial charge in [-0.25, -0.2) is 5.43 Å². The molecule has 0 aliphatic rings. The molecule has 5 heteroatoms. The molecule has 2 heterocycles. The smallest absolute Gasteiger partial charge is 0.274 e. The molecule has 0 atom stereocenters. The molecule has 1 amide bonds. The number of nitrogens with one attached hydrogen (secondary N) is 1. The Labute approximate surface area is 98.2 Å². The van der Waals surface area contributed by atoms with E-state index in [1.165, 1.54) is 12.5 Å². The van der Waals surface area contributed by atoms with Gasteiger partial charge >= 0.3 is 0 Å². The van der Waals surface area contributed by atoms with E-state index in [2.05, 4.69) is 15.5 Å². The van der Waals surface area contributed by atoms with Gasteiger partial charge < -0.3 is 4.42 Å². The SMILES string of the molecule is Cc1occc1C(=O)N/N=C\c1cccnc1. The number of carbonyl (C=O) groups excluding carboxylic acids is 1. The van der Waals surface area contributed by atoms with Crippen molar-refractivity contribution in [2.45, 2.75) is 6.92 Å². The first-order chi connectivity index (χ1) is 8.27. The number of aryl methyl sites for hydroxylation is 1. The molecule has 0 aliphatic heterocycles. The molecule has 86 valence electrons. The largest absolute Gasteiger partial charge is 0.469 e. The molecule has 0 aliphatic carbocycles. The Hall–Kier alpha value is -2.43. The van der Waals surface area contributed by atoms with Gasteiger partial charge in [-0.1, -0.05) is 6.07 Å². The van der Waals surface area contributed by atoms with Gasteiger partial charge in [0.25, 0.3) is 5.91 Å². The fourth-order valence-electron chi connectivity index (χ4n) is 1.30. The maximum absolute atomic E-state index is 11.6. The second-order valence-corrected chi connectivity index (χ2v) is 3.38. The summed E-state index contributed by atoms with van der Waals surface area (Å²) in [6, 6.07) is 5.24. The Morgan fingerprint density at radius 3 is 3.06 bits per heavy atom. The fourth-order valence-corrected chi connectivity index (χ4v) is 1.30. The summed E-state index contributed by atoms with van der Waals surface area (Å²) in [5.41, 5.74) is 3.71. The first-order valence-electron chi connectivity index (χ1n) is 5.05. The van der Waals surface area contributed by atoms with Crippen LogP contribution in [0.4, 0.5) is 0 Å². The zero-order valence-corrected chi connectivity index (χ0v) is 9.25. The molecule has 2 rings (SSSR count). The predicted molar refractivity (Wildman–Crippen MR) is 62.7 cm³/mol. The Kier molecular flexibility index (Phi) is 3.30. The highest BCUT2D eigenvalue weighted by Crippen LogP contribution is 2.07. The van der Waals surface area contributed by atoms with Crippen LogP contribution in [0.2, 0.25) is 0 Å². The molecular weight excluding hydrogens is 218 g/mol. The van der Waals surface area contributed by atoms with E-state index in [0.717, 1.165) is 5.56 Å². The lowest BCUT2D eigenvalue weighted by atomic mass is 10.2. The average Bonchev–Trinajstić information content (AvgIpc) is 2.77. The number of carbonyl (C=O) groups is 1. The number of hydrogen-bond donors (Lipinski definition) is 1. The summed E-state index contributed by atoms with van der Waals surface area (Å²) in [7, 11) is 0. The molecule has 1 N–H and O–H groups in total. The summed E-state index contributed by atoms with van der Waals surface area (Å²) < 4.78 is 5.03. The summed E-state index contributed by atoms with van der Waals surface area (Å²) in [6.45, 7) is 1.72. The maximum Gasteiger partial charge on any atom is 0.274 e. The van der Waals surface area contributed by atoms with Gasteiger partial charge in [-0.15, -0.1) is 0 Å². The van der Waals surface area contributed by atoms with Gasteiger partial charge in [0.2, 0.25) is 0 Å². The van der Waals surface area contributed by atoms with Crippen molar-refractivity contribution >= 4 is 12.1 Å². The highest BCUT2D eigenvalue weighted by Gasteiger charge is 2.09. The highest BCUT2D eigenvalue weighted by molar-refractivity contribution is 5.95. The van der Waals surface area contributed by atoms with E-state index in [1.54, 1.807) is 31.5 Å². The van der Waals surface area contributed by atoms with E-state index in [9.17, 15) is 4.79 Å². The third-order valence-electron chi connectivity index (χ3n) is 2.17. The van der Waals surface area contributed by atoms with E-state index < -0.39 is 0 Å². The van der Waals surface area contributed by atoms with Crippen LogP contribution in [0.15, 0.2) is 46.4 Å². The van der Waals surface area contributed by atoms with Gasteiger partial charge in [-0.05, 0) is 19.1 Å². The summed E-state index contributed by atoms with van der Waals surface area (Å²) in [6.07, 6.45) is 6.32. The van der Waals surface area contributed by atoms with Gasteiger partial charge in [-0.3, -0.25) is 9.78 Å². The summed E-state index contributed by atoms with van der Waals surface area (Å²) in [5, 5.41) is 3.83. The van der Waals surface area contributed by atoms with Crippen molar-refractivity contribution in [1.29, 1.82) is 0 Å². The zero-order chi connectivity index (χ0) is 12.1. The number of hydrogen-bond acceptors (Lipinski definition) is 4. The second-order valence-electron chi connectivity index (χ2n) is 3.38. The van der Waals surface area contributed by atoms with Crippen LogP contribution in [0.1, 0.15) is 21.7 Å². The van der Waals surface area contributed by atoms with E-state index in [1.807, 2.05) is 6.07 Å². The van der Waals surface area contributed by atoms with Crippen LogP contribution in [0.3, 0.4) is 0 Å². The molecule has 0 saturated heterocycles. The first-order valence-corrected chi connectivity index (χ1v) is 5.05. The number of amides is 1. The van der Waals surface area contributed by atoms with Crippen molar-refractivity contribution in [3.05, 3.63) is 53.7 Å². The number of aromatic nitrogens is 1. The molecule has 2 aromatic heterocycles. The minimum Gasteiger partial charge on any atom is -0.469 e. The van der Waals surface area contributed by atoms with Crippen molar-refractivity contribution in [3.8, 4) is 0 Å². The topological polar surface area (TPSA) is 67.5 Å². The van der Waals surface area contributed by atoms with Crippen molar-refractivity contribution in [1.82, 2.24) is 10.4 Å². The first kappa shape index (κ1) is 11.1. The van der Waals surface area contributed by atoms with Gasteiger partial charge in [0.05, 0.1) is 18.0 Å². The van der Waals surface area contributed by atoms with Gasteiger partial charge in [-0.2, -0.15) is 5.10 Å². The molecule has 0 aromatic carbocycles. The monoisotopic (exact) mass is 229 g/mol. The fraction of sp³-hybridized carbons (Fsp3) is 0.0833. The van der Waals surface area contributed by atoms with E-state index in [0.29, 0.717) is 11.3 Å². The molecule has 2 aromatic rings. The highest BCUT2D eigenvalue weighted by atomic mass is 16.3.